The van der Waals surface area contributed by atoms with Gasteiger partial charge in [0.05, 0.1) is 43.5 Å². The van der Waals surface area contributed by atoms with Gasteiger partial charge < -0.3 is 30.6 Å². The van der Waals surface area contributed by atoms with Crippen LogP contribution in [0.5, 0.6) is 5.75 Å². The quantitative estimate of drug-likeness (QED) is 0.386. The average Bonchev–Trinajstić information content (AvgIpc) is 3.23. The number of rotatable bonds is 8. The van der Waals surface area contributed by atoms with Crippen molar-refractivity contribution in [3.63, 3.8) is 0 Å². The normalized spacial score (nSPS) is 23.3. The predicted octanol–water partition coefficient (Wildman–Crippen LogP) is 4.00. The third kappa shape index (κ3) is 4.03. The van der Waals surface area contributed by atoms with Gasteiger partial charge in [-0.25, -0.2) is 4.98 Å². The lowest BCUT2D eigenvalue weighted by Gasteiger charge is -2.44. The van der Waals surface area contributed by atoms with Crippen LogP contribution in [0.2, 0.25) is 0 Å². The largest absolute Gasteiger partial charge is 0.494 e. The molecule has 11 heteroatoms. The van der Waals surface area contributed by atoms with E-state index in [-0.39, 0.29) is 28.8 Å². The third-order valence-corrected chi connectivity index (χ3v) is 9.05. The first-order chi connectivity index (χ1) is 19.4. The summed E-state index contributed by atoms with van der Waals surface area (Å²) in [5.41, 5.74) is 8.80. The van der Waals surface area contributed by atoms with Crippen LogP contribution in [-0.4, -0.2) is 52.7 Å². The van der Waals surface area contributed by atoms with Crippen molar-refractivity contribution in [3.8, 4) is 16.9 Å². The maximum atomic E-state index is 12.8. The minimum Gasteiger partial charge on any atom is -0.494 e. The number of para-hydroxylation sites is 1. The molecular formula is C29H32N6O5. The lowest BCUT2D eigenvalue weighted by Crippen LogP contribution is -2.49. The van der Waals surface area contributed by atoms with E-state index < -0.39 is 11.7 Å². The fourth-order valence-electron chi connectivity index (χ4n) is 6.46. The minimum atomic E-state index is -0.634. The van der Waals surface area contributed by atoms with Gasteiger partial charge in [-0.15, -0.1) is 0 Å². The molecule has 0 bridgehead atoms. The van der Waals surface area contributed by atoms with E-state index in [1.165, 1.54) is 12.6 Å². The van der Waals surface area contributed by atoms with Crippen molar-refractivity contribution >= 4 is 29.0 Å². The molecule has 4 N–H and O–H groups in total. The number of anilines is 3. The summed E-state index contributed by atoms with van der Waals surface area (Å²) in [6.45, 7) is 1.20. The van der Waals surface area contributed by atoms with Gasteiger partial charge >= 0.3 is 0 Å². The van der Waals surface area contributed by atoms with Crippen LogP contribution in [0.3, 0.4) is 0 Å². The van der Waals surface area contributed by atoms with Gasteiger partial charge in [0.2, 0.25) is 5.91 Å². The number of carbonyl (C=O) groups excluding carboxylic acids is 2. The van der Waals surface area contributed by atoms with Crippen molar-refractivity contribution in [3.05, 3.63) is 48.4 Å². The summed E-state index contributed by atoms with van der Waals surface area (Å²) in [6, 6.07) is 7.35. The zero-order valence-electron chi connectivity index (χ0n) is 22.3. The van der Waals surface area contributed by atoms with Gasteiger partial charge in [0.25, 0.3) is 5.91 Å². The molecule has 3 heterocycles. The predicted molar refractivity (Wildman–Crippen MR) is 146 cm³/mol. The smallest absolute Gasteiger partial charge is 0.252 e. The second-order valence-corrected chi connectivity index (χ2v) is 11.2. The van der Waals surface area contributed by atoms with Crippen molar-refractivity contribution in [1.82, 2.24) is 14.8 Å². The average molecular weight is 545 g/mol. The second-order valence-electron chi connectivity index (χ2n) is 11.2. The van der Waals surface area contributed by atoms with Gasteiger partial charge in [-0.3, -0.25) is 14.3 Å². The first-order valence-corrected chi connectivity index (χ1v) is 13.8. The van der Waals surface area contributed by atoms with Crippen LogP contribution in [0.15, 0.2) is 42.9 Å². The van der Waals surface area contributed by atoms with Crippen molar-refractivity contribution in [2.75, 3.05) is 31.0 Å². The number of pyridine rings is 1. The van der Waals surface area contributed by atoms with Gasteiger partial charge in [-0.05, 0) is 37.2 Å². The molecule has 0 unspecified atom stereocenters. The maximum absolute atomic E-state index is 12.8. The summed E-state index contributed by atoms with van der Waals surface area (Å²) in [5.74, 6) is -0.264. The Bertz CT molecular complexity index is 1490. The fourth-order valence-corrected chi connectivity index (χ4v) is 6.46. The highest BCUT2D eigenvalue weighted by Gasteiger charge is 2.61. The number of nitrogens with one attached hydrogen (secondary N) is 2. The molecule has 3 saturated carbocycles. The number of aromatic nitrogens is 3. The molecule has 3 aromatic rings. The van der Waals surface area contributed by atoms with Crippen LogP contribution in [0.1, 0.15) is 54.9 Å². The number of carbonyl (C=O) groups is 2. The Kier molecular flexibility index (Phi) is 5.83. The second kappa shape index (κ2) is 9.31. The molecule has 7 rings (SSSR count). The Morgan fingerprint density at radius 3 is 2.62 bits per heavy atom. The van der Waals surface area contributed by atoms with Crippen LogP contribution in [0, 0.1) is 11.3 Å². The molecule has 2 atom stereocenters. The third-order valence-electron chi connectivity index (χ3n) is 9.05. The van der Waals surface area contributed by atoms with E-state index >= 15 is 0 Å². The molecule has 40 heavy (non-hydrogen) atoms. The van der Waals surface area contributed by atoms with Crippen LogP contribution in [0.25, 0.3) is 11.1 Å². The zero-order valence-corrected chi connectivity index (χ0v) is 22.3. The molecular weight excluding hydrogens is 512 g/mol. The number of ether oxygens (including phenoxy) is 3. The van der Waals surface area contributed by atoms with Gasteiger partial charge in [-0.2, -0.15) is 5.10 Å². The summed E-state index contributed by atoms with van der Waals surface area (Å²) >= 11 is 0. The summed E-state index contributed by atoms with van der Waals surface area (Å²) in [6.07, 6.45) is 11.3. The summed E-state index contributed by atoms with van der Waals surface area (Å²) < 4.78 is 19.5. The Morgan fingerprint density at radius 2 is 1.98 bits per heavy atom. The summed E-state index contributed by atoms with van der Waals surface area (Å²) in [5, 5.41) is 10.8. The molecule has 2 spiro atoms. The Morgan fingerprint density at radius 1 is 1.15 bits per heavy atom. The minimum absolute atomic E-state index is 0.0226. The molecule has 4 fully saturated rings. The number of nitrogens with two attached hydrogens (primary N) is 1. The van der Waals surface area contributed by atoms with Crippen molar-refractivity contribution in [2.24, 2.45) is 17.1 Å². The SMILES string of the molecule is COc1c(Nc2cc(NC(=O)[C@@H]3CC34CCC4)ncc2C(N)=O)cccc1-c1cnn([C@H]2CCC23OCCO3)c1. The number of benzene rings is 1. The van der Waals surface area contributed by atoms with Crippen LogP contribution < -0.4 is 21.1 Å². The van der Waals surface area contributed by atoms with Crippen LogP contribution in [-0.2, 0) is 14.3 Å². The topological polar surface area (TPSA) is 143 Å². The lowest BCUT2D eigenvalue weighted by molar-refractivity contribution is -0.242. The summed E-state index contributed by atoms with van der Waals surface area (Å²) in [4.78, 5) is 29.3. The molecule has 0 radical (unpaired) electrons. The molecule has 1 saturated heterocycles. The highest BCUT2D eigenvalue weighted by atomic mass is 16.7. The van der Waals surface area contributed by atoms with E-state index in [1.807, 2.05) is 29.1 Å². The van der Waals surface area contributed by atoms with Gasteiger partial charge in [-0.1, -0.05) is 18.6 Å². The highest BCUT2D eigenvalue weighted by molar-refractivity contribution is 6.01. The number of nitrogens with zero attached hydrogens (tertiary/aromatic N) is 3. The van der Waals surface area contributed by atoms with Gasteiger partial charge in [0.15, 0.2) is 5.79 Å². The van der Waals surface area contributed by atoms with Gasteiger partial charge in [0, 0.05) is 41.9 Å². The molecule has 4 aliphatic rings. The standard InChI is InChI=1S/C29H32N6O5/c1-38-25-18(17-14-32-35(16-17)23-6-9-29(23)39-10-11-40-29)4-2-5-21(25)33-22-12-24(31-15-19(22)26(30)36)34-27(37)20-13-28(20)7-3-8-28/h2,4-5,12,14-16,20,23H,3,6-11,13H2,1H3,(H2,30,36)(H2,31,33,34,37)/t20-,23-/m0/s1. The molecule has 2 amide bonds. The van der Waals surface area contributed by atoms with Crippen LogP contribution >= 0.6 is 0 Å². The Balaban J connectivity index is 1.15. The van der Waals surface area contributed by atoms with Crippen LogP contribution in [0.4, 0.5) is 17.2 Å². The molecule has 1 aliphatic heterocycles. The molecule has 11 nitrogen and oxygen atoms in total. The van der Waals surface area contributed by atoms with Crippen molar-refractivity contribution in [2.45, 2.75) is 50.4 Å². The van der Waals surface area contributed by atoms with E-state index in [0.29, 0.717) is 36.2 Å². The summed E-state index contributed by atoms with van der Waals surface area (Å²) in [7, 11) is 1.59. The molecule has 2 aromatic heterocycles. The number of amides is 2. The number of methoxy groups -OCH3 is 1. The van der Waals surface area contributed by atoms with E-state index in [0.717, 1.165) is 43.2 Å². The Hall–Kier alpha value is -3.96. The fraction of sp³-hybridized carbons (Fsp3) is 0.448. The van der Waals surface area contributed by atoms with Crippen molar-refractivity contribution < 1.29 is 23.8 Å². The molecule has 1 aromatic carbocycles. The zero-order chi connectivity index (χ0) is 27.5. The number of hydrogen-bond acceptors (Lipinski definition) is 8. The molecule has 208 valence electrons. The molecule has 3 aliphatic carbocycles. The maximum Gasteiger partial charge on any atom is 0.252 e. The first-order valence-electron chi connectivity index (χ1n) is 13.8. The monoisotopic (exact) mass is 544 g/mol. The van der Waals surface area contributed by atoms with E-state index in [9.17, 15) is 9.59 Å². The lowest BCUT2D eigenvalue weighted by atomic mass is 9.80. The Labute approximate surface area is 231 Å². The number of hydrogen-bond donors (Lipinski definition) is 3. The number of primary amides is 1. The van der Waals surface area contributed by atoms with E-state index in [2.05, 4.69) is 20.7 Å². The van der Waals surface area contributed by atoms with Crippen molar-refractivity contribution in [1.29, 1.82) is 0 Å². The van der Waals surface area contributed by atoms with E-state index in [1.54, 1.807) is 19.4 Å². The highest BCUT2D eigenvalue weighted by Crippen LogP contribution is 2.65. The van der Waals surface area contributed by atoms with Gasteiger partial charge in [0.1, 0.15) is 17.6 Å². The van der Waals surface area contributed by atoms with E-state index in [4.69, 9.17) is 19.9 Å². The first kappa shape index (κ1) is 25.0.